The van der Waals surface area contributed by atoms with Crippen LogP contribution in [0.2, 0.25) is 0 Å². The lowest BCUT2D eigenvalue weighted by molar-refractivity contribution is -0.117. The van der Waals surface area contributed by atoms with E-state index in [1.807, 2.05) is 0 Å². The number of carbonyl (C=O) groups excluding carboxylic acids is 1. The summed E-state index contributed by atoms with van der Waals surface area (Å²) in [6.45, 7) is 2.74. The molecule has 0 saturated carbocycles. The Morgan fingerprint density at radius 1 is 1.88 bits per heavy atom. The van der Waals surface area contributed by atoms with Gasteiger partial charge in [-0.1, -0.05) is 6.92 Å². The van der Waals surface area contributed by atoms with Crippen LogP contribution in [0, 0.1) is 6.42 Å². The zero-order valence-electron chi connectivity index (χ0n) is 4.98. The first-order valence-electron chi connectivity index (χ1n) is 2.58. The van der Waals surface area contributed by atoms with E-state index in [0.717, 1.165) is 0 Å². The fourth-order valence-corrected chi connectivity index (χ4v) is 0.297. The quantitative estimate of drug-likeness (QED) is 0.510. The van der Waals surface area contributed by atoms with Gasteiger partial charge in [-0.05, 0) is 0 Å². The molecule has 1 amide bonds. The average molecular weight is 115 g/mol. The van der Waals surface area contributed by atoms with Gasteiger partial charge in [0.05, 0.1) is 0 Å². The number of rotatable bonds is 3. The van der Waals surface area contributed by atoms with Gasteiger partial charge >= 0.3 is 0 Å². The second kappa shape index (κ2) is 4.59. The Morgan fingerprint density at radius 3 is 2.88 bits per heavy atom. The molecule has 1 radical (unpaired) electrons. The Kier molecular flexibility index (Phi) is 4.26. The summed E-state index contributed by atoms with van der Waals surface area (Å²) in [4.78, 5) is 10.3. The maximum atomic E-state index is 10.3. The van der Waals surface area contributed by atoms with Crippen LogP contribution in [0.3, 0.4) is 0 Å². The number of hydrogen-bond donors (Lipinski definition) is 2. The van der Waals surface area contributed by atoms with E-state index in [-0.39, 0.29) is 5.91 Å². The van der Waals surface area contributed by atoms with E-state index in [1.54, 1.807) is 6.92 Å². The van der Waals surface area contributed by atoms with Crippen LogP contribution in [0.1, 0.15) is 6.92 Å². The number of carbonyl (C=O) groups is 1. The summed E-state index contributed by atoms with van der Waals surface area (Å²) in [5, 5.41) is 2.56. The highest BCUT2D eigenvalue weighted by molar-refractivity contribution is 5.83. The van der Waals surface area contributed by atoms with Crippen LogP contribution in [0.5, 0.6) is 0 Å². The van der Waals surface area contributed by atoms with Crippen LogP contribution in [0.15, 0.2) is 0 Å². The molecule has 0 aromatic rings. The molecule has 0 heterocycles. The lowest BCUT2D eigenvalue weighted by Crippen LogP contribution is -2.28. The van der Waals surface area contributed by atoms with E-state index >= 15 is 0 Å². The molecule has 0 aliphatic carbocycles. The van der Waals surface area contributed by atoms with E-state index in [1.165, 1.54) is 6.42 Å². The van der Waals surface area contributed by atoms with Crippen LogP contribution in [-0.2, 0) is 4.79 Å². The second-order valence-corrected chi connectivity index (χ2v) is 1.37. The highest BCUT2D eigenvalue weighted by atomic mass is 16.1. The van der Waals surface area contributed by atoms with E-state index in [9.17, 15) is 4.79 Å². The Hall–Kier alpha value is -0.570. The van der Waals surface area contributed by atoms with E-state index in [4.69, 9.17) is 5.73 Å². The molecule has 0 aliphatic rings. The third kappa shape index (κ3) is 3.61. The number of nitrogens with one attached hydrogen (secondary N) is 1. The molecule has 0 rings (SSSR count). The third-order valence-corrected chi connectivity index (χ3v) is 0.706. The number of nitrogens with two attached hydrogens (primary N) is 1. The Labute approximate surface area is 49.3 Å². The van der Waals surface area contributed by atoms with Gasteiger partial charge in [0.15, 0.2) is 0 Å². The molecule has 0 aliphatic heterocycles. The normalized spacial score (nSPS) is 8.75. The smallest absolute Gasteiger partial charge is 0.223 e. The maximum Gasteiger partial charge on any atom is 0.223 e. The first-order valence-corrected chi connectivity index (χ1v) is 2.58. The topological polar surface area (TPSA) is 55.1 Å². The standard InChI is InChI=1S/C5H11N2O/c1-2-5(8)7-4-3-6/h2H,3-4,6H2,1H3,(H,7,8). The van der Waals surface area contributed by atoms with Crippen molar-refractivity contribution in [2.75, 3.05) is 13.1 Å². The first kappa shape index (κ1) is 7.43. The predicted octanol–water partition coefficient (Wildman–Crippen LogP) is -0.715. The predicted molar refractivity (Wildman–Crippen MR) is 32.0 cm³/mol. The lowest BCUT2D eigenvalue weighted by Gasteiger charge is -1.96. The first-order chi connectivity index (χ1) is 3.81. The summed E-state index contributed by atoms with van der Waals surface area (Å²) < 4.78 is 0. The SMILES string of the molecule is C[CH]C(=O)NCCN. The molecule has 0 atom stereocenters. The highest BCUT2D eigenvalue weighted by Gasteiger charge is 1.91. The van der Waals surface area contributed by atoms with Crippen LogP contribution in [0.25, 0.3) is 0 Å². The minimum absolute atomic E-state index is 0.0598. The van der Waals surface area contributed by atoms with Crippen molar-refractivity contribution in [2.45, 2.75) is 6.92 Å². The second-order valence-electron chi connectivity index (χ2n) is 1.37. The van der Waals surface area contributed by atoms with Crippen LogP contribution < -0.4 is 11.1 Å². The average Bonchev–Trinajstić information content (AvgIpc) is 1.83. The third-order valence-electron chi connectivity index (χ3n) is 0.706. The molecule has 0 spiro atoms. The molecule has 8 heavy (non-hydrogen) atoms. The fraction of sp³-hybridized carbons (Fsp3) is 0.600. The van der Waals surface area contributed by atoms with Gasteiger partial charge in [0.2, 0.25) is 5.91 Å². The molecular weight excluding hydrogens is 104 g/mol. The molecule has 0 aromatic carbocycles. The van der Waals surface area contributed by atoms with Crippen LogP contribution >= 0.6 is 0 Å². The summed E-state index contributed by atoms with van der Waals surface area (Å²) in [5.41, 5.74) is 5.10. The summed E-state index contributed by atoms with van der Waals surface area (Å²) in [6, 6.07) is 0. The van der Waals surface area contributed by atoms with E-state index < -0.39 is 0 Å². The van der Waals surface area contributed by atoms with Gasteiger partial charge in [0.1, 0.15) is 0 Å². The van der Waals surface area contributed by atoms with Crippen molar-refractivity contribution in [1.29, 1.82) is 0 Å². The Morgan fingerprint density at radius 2 is 2.50 bits per heavy atom. The van der Waals surface area contributed by atoms with Gasteiger partial charge < -0.3 is 11.1 Å². The monoisotopic (exact) mass is 115 g/mol. The van der Waals surface area contributed by atoms with Crippen molar-refractivity contribution in [2.24, 2.45) is 5.73 Å². The highest BCUT2D eigenvalue weighted by Crippen LogP contribution is 1.69. The summed E-state index contributed by atoms with van der Waals surface area (Å²) in [6.07, 6.45) is 1.47. The molecule has 0 fully saturated rings. The lowest BCUT2D eigenvalue weighted by atomic mass is 10.4. The van der Waals surface area contributed by atoms with Crippen molar-refractivity contribution < 1.29 is 4.79 Å². The minimum atomic E-state index is -0.0598. The van der Waals surface area contributed by atoms with Gasteiger partial charge in [-0.15, -0.1) is 0 Å². The van der Waals surface area contributed by atoms with Crippen LogP contribution in [-0.4, -0.2) is 19.0 Å². The molecule has 0 aromatic heterocycles. The molecule has 3 N–H and O–H groups in total. The molecule has 47 valence electrons. The fourth-order valence-electron chi connectivity index (χ4n) is 0.297. The molecule has 0 saturated heterocycles. The largest absolute Gasteiger partial charge is 0.355 e. The summed E-state index contributed by atoms with van der Waals surface area (Å²) in [7, 11) is 0. The molecule has 0 bridgehead atoms. The molecule has 3 nitrogen and oxygen atoms in total. The van der Waals surface area contributed by atoms with Crippen LogP contribution in [0.4, 0.5) is 0 Å². The Balaban J connectivity index is 2.99. The molecular formula is C5H11N2O. The number of amides is 1. The zero-order valence-corrected chi connectivity index (χ0v) is 4.98. The van der Waals surface area contributed by atoms with Gasteiger partial charge in [-0.25, -0.2) is 0 Å². The maximum absolute atomic E-state index is 10.3. The summed E-state index contributed by atoms with van der Waals surface area (Å²) in [5.74, 6) is -0.0598. The van der Waals surface area contributed by atoms with Gasteiger partial charge in [0.25, 0.3) is 0 Å². The zero-order chi connectivity index (χ0) is 6.41. The minimum Gasteiger partial charge on any atom is -0.355 e. The van der Waals surface area contributed by atoms with Gasteiger partial charge in [0, 0.05) is 19.5 Å². The molecule has 3 heteroatoms. The van der Waals surface area contributed by atoms with Crippen molar-refractivity contribution in [3.05, 3.63) is 6.42 Å². The van der Waals surface area contributed by atoms with Gasteiger partial charge in [-0.2, -0.15) is 0 Å². The van der Waals surface area contributed by atoms with Crippen molar-refractivity contribution in [3.8, 4) is 0 Å². The Bertz CT molecular complexity index is 72.8. The molecule has 0 unspecified atom stereocenters. The van der Waals surface area contributed by atoms with Crippen molar-refractivity contribution in [3.63, 3.8) is 0 Å². The van der Waals surface area contributed by atoms with Gasteiger partial charge in [-0.3, -0.25) is 4.79 Å². The van der Waals surface area contributed by atoms with E-state index in [2.05, 4.69) is 5.32 Å². The van der Waals surface area contributed by atoms with Crippen molar-refractivity contribution in [1.82, 2.24) is 5.32 Å². The van der Waals surface area contributed by atoms with E-state index in [0.29, 0.717) is 13.1 Å². The number of hydrogen-bond acceptors (Lipinski definition) is 2. The van der Waals surface area contributed by atoms with Crippen molar-refractivity contribution >= 4 is 5.91 Å². The summed E-state index contributed by atoms with van der Waals surface area (Å²) >= 11 is 0.